The van der Waals surface area contributed by atoms with Gasteiger partial charge in [-0.05, 0) is 36.1 Å². The number of fused-ring (bicyclic) bond motifs is 1. The van der Waals surface area contributed by atoms with Gasteiger partial charge in [-0.3, -0.25) is 15.0 Å². The van der Waals surface area contributed by atoms with Crippen molar-refractivity contribution in [3.63, 3.8) is 0 Å². The summed E-state index contributed by atoms with van der Waals surface area (Å²) in [6.07, 6.45) is 6.53. The highest BCUT2D eigenvalue weighted by atomic mass is 16.5. The fourth-order valence-electron chi connectivity index (χ4n) is 4.40. The Hall–Kier alpha value is -3.22. The van der Waals surface area contributed by atoms with Gasteiger partial charge in [-0.25, -0.2) is 0 Å². The van der Waals surface area contributed by atoms with E-state index in [4.69, 9.17) is 9.47 Å². The largest absolute Gasteiger partial charge is 0.489 e. The minimum Gasteiger partial charge on any atom is -0.489 e. The summed E-state index contributed by atoms with van der Waals surface area (Å²) in [6, 6.07) is 18.7. The molecule has 3 heterocycles. The van der Waals surface area contributed by atoms with Crippen LogP contribution in [0.4, 0.5) is 0 Å². The lowest BCUT2D eigenvalue weighted by Crippen LogP contribution is -2.30. The Balaban J connectivity index is 1.26. The molecular formula is C26H28N4O2. The van der Waals surface area contributed by atoms with Crippen LogP contribution in [-0.4, -0.2) is 46.4 Å². The van der Waals surface area contributed by atoms with Crippen LogP contribution >= 0.6 is 0 Å². The Kier molecular flexibility index (Phi) is 6.42. The highest BCUT2D eigenvalue weighted by Crippen LogP contribution is 2.24. The number of H-pyrrole nitrogens is 1. The lowest BCUT2D eigenvalue weighted by molar-refractivity contribution is 0.122. The number of benzene rings is 2. The molecule has 4 aromatic rings. The Morgan fingerprint density at radius 3 is 2.91 bits per heavy atom. The normalized spacial score (nSPS) is 17.3. The predicted molar refractivity (Wildman–Crippen MR) is 124 cm³/mol. The molecule has 2 aromatic carbocycles. The number of rotatable bonds is 7. The van der Waals surface area contributed by atoms with Crippen LogP contribution < -0.4 is 4.74 Å². The van der Waals surface area contributed by atoms with Crippen molar-refractivity contribution in [3.8, 4) is 5.75 Å². The Labute approximate surface area is 188 Å². The maximum Gasteiger partial charge on any atom is 0.124 e. The van der Waals surface area contributed by atoms with Crippen LogP contribution in [0.25, 0.3) is 10.9 Å². The zero-order chi connectivity index (χ0) is 21.6. The molecule has 0 unspecified atom stereocenters. The topological polar surface area (TPSA) is 63.3 Å². The molecule has 0 spiro atoms. The maximum absolute atomic E-state index is 6.15. The van der Waals surface area contributed by atoms with Gasteiger partial charge in [0.15, 0.2) is 0 Å². The fourth-order valence-corrected chi connectivity index (χ4v) is 4.40. The zero-order valence-electron chi connectivity index (χ0n) is 18.1. The second-order valence-corrected chi connectivity index (χ2v) is 8.39. The van der Waals surface area contributed by atoms with Gasteiger partial charge in [-0.15, -0.1) is 0 Å². The molecule has 164 valence electrons. The van der Waals surface area contributed by atoms with E-state index in [1.165, 1.54) is 16.5 Å². The number of para-hydroxylation sites is 1. The summed E-state index contributed by atoms with van der Waals surface area (Å²) in [5.41, 5.74) is 4.69. The third-order valence-corrected chi connectivity index (χ3v) is 5.99. The van der Waals surface area contributed by atoms with Crippen molar-refractivity contribution < 1.29 is 9.47 Å². The molecule has 0 saturated carbocycles. The highest BCUT2D eigenvalue weighted by Gasteiger charge is 2.21. The van der Waals surface area contributed by atoms with Gasteiger partial charge in [0.05, 0.1) is 24.9 Å². The second-order valence-electron chi connectivity index (χ2n) is 8.39. The number of nitrogens with one attached hydrogen (secondary N) is 1. The number of ether oxygens (including phenoxy) is 2. The van der Waals surface area contributed by atoms with Crippen LogP contribution in [0, 0.1) is 5.92 Å². The van der Waals surface area contributed by atoms with Gasteiger partial charge in [0.1, 0.15) is 12.4 Å². The molecule has 2 aromatic heterocycles. The smallest absolute Gasteiger partial charge is 0.124 e. The first-order chi connectivity index (χ1) is 15.8. The quantitative estimate of drug-likeness (QED) is 0.477. The molecule has 1 atom stereocenters. The standard InChI is InChI=1S/C26H28N4O2/c1-2-9-26(32-19-20-5-4-10-27-14-20)23(6-1)17-30-11-12-31-18-21(16-30)13-22-7-3-8-25-24(22)15-28-29-25/h1-10,14-15,21H,11-13,16-19H2,(H,28,29)/t21-/m1/s1. The van der Waals surface area contributed by atoms with E-state index < -0.39 is 0 Å². The van der Waals surface area contributed by atoms with Crippen molar-refractivity contribution in [2.24, 2.45) is 5.92 Å². The SMILES string of the molecule is c1cncc(COc2ccccc2CN2CCOC[C@H](Cc3cccc4[nH]ncc34)C2)c1. The van der Waals surface area contributed by atoms with E-state index >= 15 is 0 Å². The van der Waals surface area contributed by atoms with Crippen molar-refractivity contribution >= 4 is 10.9 Å². The molecule has 0 radical (unpaired) electrons. The molecule has 1 N–H and O–H groups in total. The van der Waals surface area contributed by atoms with E-state index in [1.807, 2.05) is 30.6 Å². The number of hydrogen-bond donors (Lipinski definition) is 1. The summed E-state index contributed by atoms with van der Waals surface area (Å²) < 4.78 is 12.1. The monoisotopic (exact) mass is 428 g/mol. The van der Waals surface area contributed by atoms with E-state index in [0.29, 0.717) is 12.5 Å². The fraction of sp³-hybridized carbons (Fsp3) is 0.308. The molecule has 1 aliphatic rings. The lowest BCUT2D eigenvalue weighted by atomic mass is 9.97. The van der Waals surface area contributed by atoms with Gasteiger partial charge in [0, 0.05) is 48.5 Å². The molecule has 1 aliphatic heterocycles. The average Bonchev–Trinajstić information content (AvgIpc) is 3.21. The molecule has 5 rings (SSSR count). The van der Waals surface area contributed by atoms with Gasteiger partial charge in [0.2, 0.25) is 0 Å². The van der Waals surface area contributed by atoms with E-state index in [0.717, 1.165) is 56.1 Å². The summed E-state index contributed by atoms with van der Waals surface area (Å²) in [6.45, 7) is 4.81. The maximum atomic E-state index is 6.15. The number of nitrogens with zero attached hydrogens (tertiary/aromatic N) is 3. The summed E-state index contributed by atoms with van der Waals surface area (Å²) in [4.78, 5) is 6.66. The highest BCUT2D eigenvalue weighted by molar-refractivity contribution is 5.81. The minimum absolute atomic E-state index is 0.432. The van der Waals surface area contributed by atoms with Crippen LogP contribution in [0.5, 0.6) is 5.75 Å². The summed E-state index contributed by atoms with van der Waals surface area (Å²) >= 11 is 0. The Morgan fingerprint density at radius 1 is 1.03 bits per heavy atom. The third kappa shape index (κ3) is 4.98. The molecule has 0 bridgehead atoms. The molecule has 0 amide bonds. The summed E-state index contributed by atoms with van der Waals surface area (Å²) in [7, 11) is 0. The number of hydrogen-bond acceptors (Lipinski definition) is 5. The number of aromatic amines is 1. The van der Waals surface area contributed by atoms with Crippen LogP contribution in [0.1, 0.15) is 16.7 Å². The minimum atomic E-state index is 0.432. The van der Waals surface area contributed by atoms with Crippen molar-refractivity contribution in [2.45, 2.75) is 19.6 Å². The Morgan fingerprint density at radius 2 is 1.97 bits per heavy atom. The van der Waals surface area contributed by atoms with Gasteiger partial charge in [0.25, 0.3) is 0 Å². The van der Waals surface area contributed by atoms with E-state index in [9.17, 15) is 0 Å². The summed E-state index contributed by atoms with van der Waals surface area (Å²) in [5, 5.41) is 8.49. The third-order valence-electron chi connectivity index (χ3n) is 5.99. The lowest BCUT2D eigenvalue weighted by Gasteiger charge is -2.24. The molecule has 6 heteroatoms. The molecular weight excluding hydrogens is 400 g/mol. The van der Waals surface area contributed by atoms with Crippen molar-refractivity contribution in [1.29, 1.82) is 0 Å². The molecule has 1 fully saturated rings. The predicted octanol–water partition coefficient (Wildman–Crippen LogP) is 4.23. The first-order valence-electron chi connectivity index (χ1n) is 11.2. The van der Waals surface area contributed by atoms with Crippen molar-refractivity contribution in [3.05, 3.63) is 89.9 Å². The molecule has 6 nitrogen and oxygen atoms in total. The second kappa shape index (κ2) is 9.94. The first-order valence-corrected chi connectivity index (χ1v) is 11.2. The number of aromatic nitrogens is 3. The molecule has 0 aliphatic carbocycles. The van der Waals surface area contributed by atoms with Crippen molar-refractivity contribution in [2.75, 3.05) is 26.3 Å². The van der Waals surface area contributed by atoms with Gasteiger partial charge >= 0.3 is 0 Å². The molecule has 1 saturated heterocycles. The van der Waals surface area contributed by atoms with Gasteiger partial charge in [-0.1, -0.05) is 36.4 Å². The van der Waals surface area contributed by atoms with Gasteiger partial charge in [-0.2, -0.15) is 5.10 Å². The summed E-state index contributed by atoms with van der Waals surface area (Å²) in [5.74, 6) is 1.36. The van der Waals surface area contributed by atoms with Crippen LogP contribution in [0.2, 0.25) is 0 Å². The van der Waals surface area contributed by atoms with Gasteiger partial charge < -0.3 is 9.47 Å². The van der Waals surface area contributed by atoms with Crippen molar-refractivity contribution in [1.82, 2.24) is 20.1 Å². The van der Waals surface area contributed by atoms with E-state index in [1.54, 1.807) is 6.20 Å². The zero-order valence-corrected chi connectivity index (χ0v) is 18.1. The van der Waals surface area contributed by atoms with E-state index in [2.05, 4.69) is 56.5 Å². The van der Waals surface area contributed by atoms with Crippen LogP contribution in [-0.2, 0) is 24.3 Å². The number of pyridine rings is 1. The van der Waals surface area contributed by atoms with Crippen LogP contribution in [0.15, 0.2) is 73.2 Å². The van der Waals surface area contributed by atoms with E-state index in [-0.39, 0.29) is 0 Å². The average molecular weight is 429 g/mol. The Bertz CT molecular complexity index is 1140. The molecule has 32 heavy (non-hydrogen) atoms. The van der Waals surface area contributed by atoms with Crippen LogP contribution in [0.3, 0.4) is 0 Å². The first kappa shape index (κ1) is 20.7.